The maximum Gasteiger partial charge on any atom is 0.0590 e. The van der Waals surface area contributed by atoms with Gasteiger partial charge in [-0.15, -0.1) is 0 Å². The number of nitrogens with one attached hydrogen (secondary N) is 1. The zero-order chi connectivity index (χ0) is 11.1. The zero-order valence-corrected chi connectivity index (χ0v) is 10.4. The molecule has 1 aliphatic rings. The normalized spacial score (nSPS) is 26.5. The Morgan fingerprint density at radius 2 is 2.33 bits per heavy atom. The minimum atomic E-state index is 0.762. The van der Waals surface area contributed by atoms with Crippen LogP contribution in [0.3, 0.4) is 0 Å². The Labute approximate surface area is 94.1 Å². The third-order valence-corrected chi connectivity index (χ3v) is 2.95. The second-order valence-electron chi connectivity index (χ2n) is 4.70. The molecule has 2 unspecified atom stereocenters. The average molecular weight is 211 g/mol. The van der Waals surface area contributed by atoms with Crippen LogP contribution in [-0.4, -0.2) is 26.3 Å². The van der Waals surface area contributed by atoms with Gasteiger partial charge in [-0.1, -0.05) is 18.6 Å². The van der Waals surface area contributed by atoms with Gasteiger partial charge in [-0.2, -0.15) is 0 Å². The highest BCUT2D eigenvalue weighted by molar-refractivity contribution is 5.06. The van der Waals surface area contributed by atoms with Gasteiger partial charge in [-0.25, -0.2) is 0 Å². The predicted molar refractivity (Wildman–Crippen MR) is 65.0 cm³/mol. The number of ether oxygens (including phenoxy) is 1. The average Bonchev–Trinajstić information content (AvgIpc) is 2.16. The lowest BCUT2D eigenvalue weighted by Gasteiger charge is -2.25. The van der Waals surface area contributed by atoms with Crippen molar-refractivity contribution in [3.63, 3.8) is 0 Å². The van der Waals surface area contributed by atoms with E-state index in [1.165, 1.54) is 12.8 Å². The Kier molecular flexibility index (Phi) is 5.96. The highest BCUT2D eigenvalue weighted by atomic mass is 16.5. The van der Waals surface area contributed by atoms with Crippen LogP contribution in [0.1, 0.15) is 33.6 Å². The molecular weight excluding hydrogens is 186 g/mol. The van der Waals surface area contributed by atoms with Crippen LogP contribution in [0.25, 0.3) is 0 Å². The molecule has 0 spiro atoms. The summed E-state index contributed by atoms with van der Waals surface area (Å²) in [5.41, 5.74) is 1.56. The molecule has 2 heteroatoms. The Bertz CT molecular complexity index is 201. The van der Waals surface area contributed by atoms with Gasteiger partial charge in [0.2, 0.25) is 0 Å². The smallest absolute Gasteiger partial charge is 0.0590 e. The number of hydrogen-bond acceptors (Lipinski definition) is 2. The van der Waals surface area contributed by atoms with E-state index in [9.17, 15) is 0 Å². The van der Waals surface area contributed by atoms with Gasteiger partial charge in [-0.3, -0.25) is 0 Å². The molecule has 15 heavy (non-hydrogen) atoms. The summed E-state index contributed by atoms with van der Waals surface area (Å²) < 4.78 is 5.29. The molecule has 1 rings (SSSR count). The van der Waals surface area contributed by atoms with Gasteiger partial charge in [0.1, 0.15) is 0 Å². The highest BCUT2D eigenvalue weighted by Gasteiger charge is 2.17. The van der Waals surface area contributed by atoms with Gasteiger partial charge >= 0.3 is 0 Å². The monoisotopic (exact) mass is 211 g/mol. The lowest BCUT2D eigenvalue weighted by atomic mass is 9.84. The molecule has 0 aromatic heterocycles. The van der Waals surface area contributed by atoms with E-state index in [-0.39, 0.29) is 0 Å². The summed E-state index contributed by atoms with van der Waals surface area (Å²) in [6.45, 7) is 10.4. The summed E-state index contributed by atoms with van der Waals surface area (Å²) >= 11 is 0. The molecule has 0 amide bonds. The molecule has 1 aliphatic carbocycles. The molecule has 2 nitrogen and oxygen atoms in total. The van der Waals surface area contributed by atoms with Crippen LogP contribution in [0, 0.1) is 11.8 Å². The largest absolute Gasteiger partial charge is 0.380 e. The van der Waals surface area contributed by atoms with Crippen molar-refractivity contribution in [3.05, 3.63) is 11.6 Å². The molecule has 0 heterocycles. The molecule has 0 aliphatic heterocycles. The second kappa shape index (κ2) is 7.02. The van der Waals surface area contributed by atoms with E-state index in [0.717, 1.165) is 38.1 Å². The van der Waals surface area contributed by atoms with Crippen LogP contribution < -0.4 is 5.32 Å². The standard InChI is InChI=1S/C13H25NO/c1-4-15-6-5-14-10-13-8-11(2)7-12(3)9-13/h7,11,13-14H,4-6,8-10H2,1-3H3. The lowest BCUT2D eigenvalue weighted by molar-refractivity contribution is 0.148. The molecule has 88 valence electrons. The van der Waals surface area contributed by atoms with Gasteiger partial charge in [0.05, 0.1) is 6.61 Å². The molecule has 0 aromatic carbocycles. The Balaban J connectivity index is 2.09. The van der Waals surface area contributed by atoms with Gasteiger partial charge < -0.3 is 10.1 Å². The molecule has 0 saturated heterocycles. The Morgan fingerprint density at radius 1 is 1.53 bits per heavy atom. The summed E-state index contributed by atoms with van der Waals surface area (Å²) in [5.74, 6) is 1.59. The minimum absolute atomic E-state index is 0.762. The molecule has 0 aromatic rings. The van der Waals surface area contributed by atoms with Crippen LogP contribution in [0.5, 0.6) is 0 Å². The quantitative estimate of drug-likeness (QED) is 0.538. The summed E-state index contributed by atoms with van der Waals surface area (Å²) in [4.78, 5) is 0. The number of allylic oxidation sites excluding steroid dienone is 2. The maximum absolute atomic E-state index is 5.29. The Hall–Kier alpha value is -0.340. The van der Waals surface area contributed by atoms with Crippen LogP contribution >= 0.6 is 0 Å². The SMILES string of the molecule is CCOCCNCC1CC(C)=CC(C)C1. The topological polar surface area (TPSA) is 21.3 Å². The summed E-state index contributed by atoms with van der Waals surface area (Å²) in [7, 11) is 0. The van der Waals surface area contributed by atoms with E-state index in [4.69, 9.17) is 4.74 Å². The van der Waals surface area contributed by atoms with E-state index < -0.39 is 0 Å². The number of rotatable bonds is 6. The van der Waals surface area contributed by atoms with Crippen molar-refractivity contribution in [1.82, 2.24) is 5.32 Å². The van der Waals surface area contributed by atoms with Crippen molar-refractivity contribution < 1.29 is 4.74 Å². The molecule has 0 saturated carbocycles. The molecule has 0 radical (unpaired) electrons. The highest BCUT2D eigenvalue weighted by Crippen LogP contribution is 2.26. The van der Waals surface area contributed by atoms with Crippen molar-refractivity contribution >= 4 is 0 Å². The first kappa shape index (κ1) is 12.7. The Morgan fingerprint density at radius 3 is 3.00 bits per heavy atom. The summed E-state index contributed by atoms with van der Waals surface area (Å²) in [6.07, 6.45) is 5.02. The van der Waals surface area contributed by atoms with Crippen molar-refractivity contribution in [1.29, 1.82) is 0 Å². The lowest BCUT2D eigenvalue weighted by Crippen LogP contribution is -2.28. The van der Waals surface area contributed by atoms with Crippen molar-refractivity contribution in [2.24, 2.45) is 11.8 Å². The molecule has 1 N–H and O–H groups in total. The first-order chi connectivity index (χ1) is 7.22. The fraction of sp³-hybridized carbons (Fsp3) is 0.846. The van der Waals surface area contributed by atoms with Gasteiger partial charge in [0.25, 0.3) is 0 Å². The van der Waals surface area contributed by atoms with Gasteiger partial charge in [-0.05, 0) is 45.1 Å². The molecule has 0 fully saturated rings. The predicted octanol–water partition coefficient (Wildman–Crippen LogP) is 2.60. The molecule has 0 bridgehead atoms. The fourth-order valence-electron chi connectivity index (χ4n) is 2.44. The zero-order valence-electron chi connectivity index (χ0n) is 10.4. The third kappa shape index (κ3) is 5.33. The van der Waals surface area contributed by atoms with E-state index in [2.05, 4.69) is 25.2 Å². The fourth-order valence-corrected chi connectivity index (χ4v) is 2.44. The summed E-state index contributed by atoms with van der Waals surface area (Å²) in [5, 5.41) is 3.48. The van der Waals surface area contributed by atoms with Crippen molar-refractivity contribution in [2.45, 2.75) is 33.6 Å². The number of hydrogen-bond donors (Lipinski definition) is 1. The van der Waals surface area contributed by atoms with E-state index in [0.29, 0.717) is 0 Å². The van der Waals surface area contributed by atoms with Crippen LogP contribution in [0.15, 0.2) is 11.6 Å². The van der Waals surface area contributed by atoms with E-state index >= 15 is 0 Å². The van der Waals surface area contributed by atoms with E-state index in [1.54, 1.807) is 5.57 Å². The van der Waals surface area contributed by atoms with E-state index in [1.807, 2.05) is 6.92 Å². The maximum atomic E-state index is 5.29. The first-order valence-corrected chi connectivity index (χ1v) is 6.18. The molecular formula is C13H25NO. The van der Waals surface area contributed by atoms with Crippen LogP contribution in [-0.2, 0) is 4.74 Å². The van der Waals surface area contributed by atoms with Crippen molar-refractivity contribution in [3.8, 4) is 0 Å². The van der Waals surface area contributed by atoms with Crippen molar-refractivity contribution in [2.75, 3.05) is 26.3 Å². The van der Waals surface area contributed by atoms with Crippen LogP contribution in [0.4, 0.5) is 0 Å². The third-order valence-electron chi connectivity index (χ3n) is 2.95. The van der Waals surface area contributed by atoms with Gasteiger partial charge in [0.15, 0.2) is 0 Å². The first-order valence-electron chi connectivity index (χ1n) is 6.18. The van der Waals surface area contributed by atoms with Gasteiger partial charge in [0, 0.05) is 13.2 Å². The minimum Gasteiger partial charge on any atom is -0.380 e. The van der Waals surface area contributed by atoms with Crippen LogP contribution in [0.2, 0.25) is 0 Å². The second-order valence-corrected chi connectivity index (χ2v) is 4.70. The summed E-state index contributed by atoms with van der Waals surface area (Å²) in [6, 6.07) is 0. The molecule has 2 atom stereocenters.